The monoisotopic (exact) mass is 408 g/mol. The van der Waals surface area contributed by atoms with E-state index in [0.717, 1.165) is 76.4 Å². The van der Waals surface area contributed by atoms with E-state index in [1.54, 1.807) is 12.4 Å². The maximum absolute atomic E-state index is 6.37. The molecule has 0 saturated carbocycles. The summed E-state index contributed by atoms with van der Waals surface area (Å²) in [6.07, 6.45) is 3.49. The molecule has 6 nitrogen and oxygen atoms in total. The van der Waals surface area contributed by atoms with Crippen LogP contribution in [0.3, 0.4) is 0 Å². The highest BCUT2D eigenvalue weighted by Crippen LogP contribution is 2.32. The Labute approximate surface area is 178 Å². The lowest BCUT2D eigenvalue weighted by atomic mass is 10.0. The Kier molecular flexibility index (Phi) is 4.35. The lowest BCUT2D eigenvalue weighted by Gasteiger charge is -2.28. The molecule has 2 aliphatic heterocycles. The zero-order valence-corrected chi connectivity index (χ0v) is 16.9. The Hall–Kier alpha value is -3.77. The number of pyridine rings is 1. The first-order valence-corrected chi connectivity index (χ1v) is 10.4. The number of benzene rings is 3. The van der Waals surface area contributed by atoms with E-state index in [9.17, 15) is 0 Å². The molecule has 0 N–H and O–H groups in total. The van der Waals surface area contributed by atoms with E-state index in [2.05, 4.69) is 34.1 Å². The van der Waals surface area contributed by atoms with Crippen molar-refractivity contribution in [2.75, 3.05) is 31.2 Å². The molecule has 3 heterocycles. The van der Waals surface area contributed by atoms with Gasteiger partial charge in [0.05, 0.1) is 24.3 Å². The minimum atomic E-state index is 0.720. The lowest BCUT2D eigenvalue weighted by Crippen LogP contribution is -2.36. The van der Waals surface area contributed by atoms with Crippen molar-refractivity contribution in [1.82, 2.24) is 9.97 Å². The fourth-order valence-electron chi connectivity index (χ4n) is 4.09. The summed E-state index contributed by atoms with van der Waals surface area (Å²) in [6, 6.07) is 20.2. The predicted octanol–water partition coefficient (Wildman–Crippen LogP) is 4.55. The summed E-state index contributed by atoms with van der Waals surface area (Å²) in [6.45, 7) is 3.26. The highest BCUT2D eigenvalue weighted by molar-refractivity contribution is 5.96. The van der Waals surface area contributed by atoms with Crippen LogP contribution in [0.2, 0.25) is 0 Å². The summed E-state index contributed by atoms with van der Waals surface area (Å²) in [7, 11) is 0. The summed E-state index contributed by atoms with van der Waals surface area (Å²) < 4.78 is 11.8. The van der Waals surface area contributed by atoms with Gasteiger partial charge in [-0.25, -0.2) is 9.98 Å². The molecule has 152 valence electrons. The molecular formula is C25H20N4O2. The Morgan fingerprint density at radius 2 is 1.68 bits per heavy atom. The molecule has 6 heteroatoms. The van der Waals surface area contributed by atoms with E-state index in [0.29, 0.717) is 0 Å². The van der Waals surface area contributed by atoms with Crippen molar-refractivity contribution in [3.63, 3.8) is 0 Å². The van der Waals surface area contributed by atoms with Crippen LogP contribution in [0.4, 0.5) is 11.4 Å². The summed E-state index contributed by atoms with van der Waals surface area (Å²) >= 11 is 0. The van der Waals surface area contributed by atoms with Gasteiger partial charge in [-0.15, -0.1) is 0 Å². The van der Waals surface area contributed by atoms with Gasteiger partial charge in [0.2, 0.25) is 0 Å². The number of nitrogens with zero attached hydrogens (tertiary/aromatic N) is 4. The standard InChI is InChI=1S/C25H20N4O2/c1-2-4-20-19(3-1)22(27-17-7-9-26-10-8-17)16-24-25(20)28-21-6-5-18(15-23(21)31-24)29-11-13-30-14-12-29/h1-10,15-16H,11-14H2/b27-22-. The van der Waals surface area contributed by atoms with Crippen LogP contribution < -0.4 is 10.3 Å². The van der Waals surface area contributed by atoms with E-state index < -0.39 is 0 Å². The molecule has 1 aromatic heterocycles. The minimum Gasteiger partial charge on any atom is -0.453 e. The number of anilines is 1. The van der Waals surface area contributed by atoms with Crippen LogP contribution >= 0.6 is 0 Å². The van der Waals surface area contributed by atoms with Crippen LogP contribution in [0.15, 0.2) is 82.5 Å². The first-order valence-electron chi connectivity index (χ1n) is 10.4. The zero-order valence-electron chi connectivity index (χ0n) is 16.9. The van der Waals surface area contributed by atoms with Crippen LogP contribution in [-0.4, -0.2) is 36.3 Å². The van der Waals surface area contributed by atoms with Crippen molar-refractivity contribution in [1.29, 1.82) is 0 Å². The van der Waals surface area contributed by atoms with Crippen molar-refractivity contribution < 1.29 is 9.15 Å². The topological polar surface area (TPSA) is 63.8 Å². The SMILES string of the molecule is c1ccc2/c(=N\c3ccncc3)cc3oc4cc(N5CCOCC5)ccc4nc-3c2c1. The Morgan fingerprint density at radius 3 is 2.52 bits per heavy atom. The number of morpholine rings is 1. The predicted molar refractivity (Wildman–Crippen MR) is 121 cm³/mol. The van der Waals surface area contributed by atoms with Crippen LogP contribution in [-0.2, 0) is 4.74 Å². The summed E-state index contributed by atoms with van der Waals surface area (Å²) in [5, 5.41) is 2.91. The molecule has 0 atom stereocenters. The number of hydrogen-bond donors (Lipinski definition) is 0. The average Bonchev–Trinajstić information content (AvgIpc) is 2.84. The van der Waals surface area contributed by atoms with Crippen molar-refractivity contribution in [2.24, 2.45) is 4.99 Å². The van der Waals surface area contributed by atoms with Gasteiger partial charge in [0.15, 0.2) is 11.3 Å². The van der Waals surface area contributed by atoms with Gasteiger partial charge in [-0.05, 0) is 24.3 Å². The molecule has 1 aliphatic carbocycles. The number of ether oxygens (including phenoxy) is 1. The molecule has 0 amide bonds. The number of hydrogen-bond acceptors (Lipinski definition) is 6. The molecule has 2 aromatic carbocycles. The minimum absolute atomic E-state index is 0.720. The third-order valence-electron chi connectivity index (χ3n) is 5.64. The molecule has 1 fully saturated rings. The summed E-state index contributed by atoms with van der Waals surface area (Å²) in [5.74, 6) is 0.720. The molecule has 0 spiro atoms. The van der Waals surface area contributed by atoms with Gasteiger partial charge in [0.25, 0.3) is 0 Å². The highest BCUT2D eigenvalue weighted by atomic mass is 16.5. The molecule has 0 radical (unpaired) electrons. The van der Waals surface area contributed by atoms with E-state index in [1.807, 2.05) is 36.4 Å². The molecule has 0 bridgehead atoms. The van der Waals surface area contributed by atoms with Crippen LogP contribution in [0.25, 0.3) is 33.3 Å². The van der Waals surface area contributed by atoms with Gasteiger partial charge < -0.3 is 14.1 Å². The Balaban J connectivity index is 1.58. The van der Waals surface area contributed by atoms with Gasteiger partial charge in [-0.1, -0.05) is 24.3 Å². The molecule has 31 heavy (non-hydrogen) atoms. The summed E-state index contributed by atoms with van der Waals surface area (Å²) in [4.78, 5) is 16.2. The van der Waals surface area contributed by atoms with E-state index in [-0.39, 0.29) is 0 Å². The van der Waals surface area contributed by atoms with Gasteiger partial charge in [0.1, 0.15) is 11.2 Å². The van der Waals surface area contributed by atoms with Crippen molar-refractivity contribution in [3.8, 4) is 11.5 Å². The van der Waals surface area contributed by atoms with Gasteiger partial charge in [-0.3, -0.25) is 4.98 Å². The average molecular weight is 408 g/mol. The van der Waals surface area contributed by atoms with Gasteiger partial charge in [0, 0.05) is 54.1 Å². The number of aromatic nitrogens is 2. The van der Waals surface area contributed by atoms with E-state index in [1.165, 1.54) is 0 Å². The van der Waals surface area contributed by atoms with Crippen molar-refractivity contribution >= 4 is 33.2 Å². The lowest BCUT2D eigenvalue weighted by molar-refractivity contribution is 0.122. The third kappa shape index (κ3) is 3.31. The van der Waals surface area contributed by atoms with Crippen LogP contribution in [0.5, 0.6) is 0 Å². The molecule has 6 rings (SSSR count). The smallest absolute Gasteiger partial charge is 0.155 e. The largest absolute Gasteiger partial charge is 0.453 e. The van der Waals surface area contributed by atoms with E-state index >= 15 is 0 Å². The van der Waals surface area contributed by atoms with E-state index in [4.69, 9.17) is 19.1 Å². The fourth-order valence-corrected chi connectivity index (χ4v) is 4.09. The van der Waals surface area contributed by atoms with Crippen LogP contribution in [0.1, 0.15) is 0 Å². The highest BCUT2D eigenvalue weighted by Gasteiger charge is 2.17. The Bertz CT molecular complexity index is 1420. The maximum Gasteiger partial charge on any atom is 0.155 e. The molecule has 3 aliphatic rings. The molecule has 0 unspecified atom stereocenters. The second-order valence-electron chi connectivity index (χ2n) is 7.57. The molecule has 1 saturated heterocycles. The zero-order chi connectivity index (χ0) is 20.6. The quantitative estimate of drug-likeness (QED) is 0.317. The molecule has 3 aromatic rings. The van der Waals surface area contributed by atoms with Crippen molar-refractivity contribution in [2.45, 2.75) is 0 Å². The van der Waals surface area contributed by atoms with Gasteiger partial charge >= 0.3 is 0 Å². The maximum atomic E-state index is 6.37. The normalized spacial score (nSPS) is 15.2. The Morgan fingerprint density at radius 1 is 0.871 bits per heavy atom. The van der Waals surface area contributed by atoms with Crippen LogP contribution in [0, 0.1) is 0 Å². The number of rotatable bonds is 2. The second kappa shape index (κ2) is 7.49. The second-order valence-corrected chi connectivity index (χ2v) is 7.57. The first-order chi connectivity index (χ1) is 15.3. The van der Waals surface area contributed by atoms with Crippen molar-refractivity contribution in [3.05, 3.63) is 78.4 Å². The van der Waals surface area contributed by atoms with Gasteiger partial charge in [-0.2, -0.15) is 0 Å². The fraction of sp³-hybridized carbons (Fsp3) is 0.160. The molecular weight excluding hydrogens is 388 g/mol. The summed E-state index contributed by atoms with van der Waals surface area (Å²) in [5.41, 5.74) is 4.43. The number of fused-ring (bicyclic) bond motifs is 4. The first kappa shape index (κ1) is 18.0. The third-order valence-corrected chi connectivity index (χ3v) is 5.64.